The number of ketones is 1. The van der Waals surface area contributed by atoms with Crippen molar-refractivity contribution < 1.29 is 41.8 Å². The molecule has 2 atom stereocenters. The minimum atomic E-state index is -5.37. The summed E-state index contributed by atoms with van der Waals surface area (Å²) in [7, 11) is 1.17. The van der Waals surface area contributed by atoms with E-state index in [0.29, 0.717) is 10.1 Å². The Labute approximate surface area is 260 Å². The van der Waals surface area contributed by atoms with Gasteiger partial charge in [0.2, 0.25) is 0 Å². The van der Waals surface area contributed by atoms with Gasteiger partial charge >= 0.3 is 18.1 Å². The van der Waals surface area contributed by atoms with Crippen LogP contribution in [-0.4, -0.2) is 47.5 Å². The molecule has 46 heavy (non-hydrogen) atoms. The van der Waals surface area contributed by atoms with Gasteiger partial charge in [0.05, 0.1) is 18.4 Å². The number of alkyl halides is 3. The summed E-state index contributed by atoms with van der Waals surface area (Å²) in [6.07, 6.45) is -5.97. The van der Waals surface area contributed by atoms with Crippen LogP contribution in [0.5, 0.6) is 0 Å². The van der Waals surface area contributed by atoms with E-state index in [-0.39, 0.29) is 22.4 Å². The smallest absolute Gasteiger partial charge is 0.452 e. The topological polar surface area (TPSA) is 147 Å². The molecule has 1 aromatic heterocycles. The molecule has 3 N–H and O–H groups in total. The molecule has 4 rings (SSSR count). The van der Waals surface area contributed by atoms with Gasteiger partial charge in [0, 0.05) is 12.5 Å². The first-order chi connectivity index (χ1) is 21.9. The maximum atomic E-state index is 14.0. The average molecular weight is 636 g/mol. The second-order valence-corrected chi connectivity index (χ2v) is 10.1. The Kier molecular flexibility index (Phi) is 10.2. The predicted octanol–water partition coefficient (Wildman–Crippen LogP) is 3.52. The molecule has 3 aromatic carbocycles. The van der Waals surface area contributed by atoms with Crippen LogP contribution in [0.15, 0.2) is 108 Å². The Morgan fingerprint density at radius 1 is 0.848 bits per heavy atom. The minimum Gasteiger partial charge on any atom is -0.465 e. The van der Waals surface area contributed by atoms with Crippen LogP contribution in [0.2, 0.25) is 0 Å². The molecule has 13 heteroatoms. The Bertz CT molecular complexity index is 1790. The van der Waals surface area contributed by atoms with E-state index >= 15 is 0 Å². The molecule has 0 saturated heterocycles. The van der Waals surface area contributed by atoms with E-state index in [0.717, 1.165) is 6.07 Å². The zero-order valence-electron chi connectivity index (χ0n) is 24.3. The number of hydrogen-bond donors (Lipinski definition) is 2. The predicted molar refractivity (Wildman–Crippen MR) is 159 cm³/mol. The zero-order valence-corrected chi connectivity index (χ0v) is 24.3. The lowest BCUT2D eigenvalue weighted by Gasteiger charge is -2.32. The van der Waals surface area contributed by atoms with Gasteiger partial charge in [-0.2, -0.15) is 13.2 Å². The van der Waals surface area contributed by atoms with Crippen LogP contribution in [-0.2, 0) is 42.5 Å². The van der Waals surface area contributed by atoms with Crippen molar-refractivity contribution in [3.05, 3.63) is 130 Å². The summed E-state index contributed by atoms with van der Waals surface area (Å²) < 4.78 is 51.7. The maximum absolute atomic E-state index is 14.0. The Balaban J connectivity index is 1.80. The highest BCUT2D eigenvalue weighted by atomic mass is 19.4. The number of ether oxygens (including phenoxy) is 2. The normalized spacial score (nSPS) is 13.2. The first-order valence-corrected chi connectivity index (χ1v) is 13.7. The van der Waals surface area contributed by atoms with Gasteiger partial charge in [-0.25, -0.2) is 9.59 Å². The van der Waals surface area contributed by atoms with Crippen LogP contribution in [0.25, 0.3) is 11.3 Å². The van der Waals surface area contributed by atoms with Crippen molar-refractivity contribution in [3.8, 4) is 11.3 Å². The number of esters is 2. The van der Waals surface area contributed by atoms with Gasteiger partial charge < -0.3 is 14.8 Å². The molecule has 10 nitrogen and oxygen atoms in total. The number of carbonyl (C=O) groups is 4. The molecule has 0 fully saturated rings. The van der Waals surface area contributed by atoms with Crippen LogP contribution < -0.4 is 16.6 Å². The van der Waals surface area contributed by atoms with Gasteiger partial charge in [-0.05, 0) is 34.9 Å². The summed E-state index contributed by atoms with van der Waals surface area (Å²) in [5, 5.41) is 1.97. The fraction of sp³-hybridized carbons (Fsp3) is 0.182. The monoisotopic (exact) mass is 635 g/mol. The van der Waals surface area contributed by atoms with Crippen LogP contribution >= 0.6 is 0 Å². The van der Waals surface area contributed by atoms with Crippen molar-refractivity contribution in [1.29, 1.82) is 0 Å². The molecule has 0 aliphatic carbocycles. The van der Waals surface area contributed by atoms with Gasteiger partial charge in [0.25, 0.3) is 22.9 Å². The number of pyridine rings is 1. The van der Waals surface area contributed by atoms with Gasteiger partial charge in [-0.3, -0.25) is 24.7 Å². The molecule has 0 aliphatic heterocycles. The van der Waals surface area contributed by atoms with E-state index < -0.39 is 60.1 Å². The summed E-state index contributed by atoms with van der Waals surface area (Å²) in [4.78, 5) is 65.7. The first-order valence-electron chi connectivity index (χ1n) is 13.7. The third-order valence-electron chi connectivity index (χ3n) is 6.94. The molecule has 1 amide bonds. The van der Waals surface area contributed by atoms with Gasteiger partial charge in [0.15, 0.2) is 0 Å². The molecule has 1 heterocycles. The summed E-state index contributed by atoms with van der Waals surface area (Å²) in [6, 6.07) is 22.8. The number of methoxy groups -OCH3 is 1. The molecule has 0 aliphatic rings. The second-order valence-electron chi connectivity index (χ2n) is 10.1. The molecule has 0 radical (unpaired) electrons. The highest BCUT2D eigenvalue weighted by Crippen LogP contribution is 2.25. The number of hydrogen-bond acceptors (Lipinski definition) is 8. The Morgan fingerprint density at radius 2 is 1.46 bits per heavy atom. The second kappa shape index (κ2) is 14.0. The summed E-state index contributed by atoms with van der Waals surface area (Å²) >= 11 is 0. The van der Waals surface area contributed by atoms with Crippen molar-refractivity contribution in [2.24, 2.45) is 5.73 Å². The highest BCUT2D eigenvalue weighted by Gasteiger charge is 2.51. The number of nitrogens with zero attached hydrogens (tertiary/aromatic N) is 1. The molecule has 0 spiro atoms. The van der Waals surface area contributed by atoms with Crippen LogP contribution in [0.4, 0.5) is 13.2 Å². The van der Waals surface area contributed by atoms with E-state index in [1.807, 2.05) is 5.32 Å². The standard InChI is InChI=1S/C33H28F3N3O7/c1-45-29(42)24-15-8-12-22(18-24)20-46-31(44)32(37,39-26(16-9-17-27(39)40)23-13-6-3-7-14-23)30(43)38-25(28(41)33(34,35)36)19-21-10-4-2-5-11-21/h2-18,25H,19-20,37H2,1H3,(H,38,43). The molecule has 238 valence electrons. The van der Waals surface area contributed by atoms with E-state index in [9.17, 15) is 37.1 Å². The summed E-state index contributed by atoms with van der Waals surface area (Å²) in [5.74, 6) is -6.12. The molecular weight excluding hydrogens is 607 g/mol. The number of amides is 1. The lowest BCUT2D eigenvalue weighted by Crippen LogP contribution is -2.66. The highest BCUT2D eigenvalue weighted by molar-refractivity contribution is 6.06. The number of nitrogens with one attached hydrogen (secondary N) is 1. The van der Waals surface area contributed by atoms with E-state index in [1.165, 1.54) is 67.8 Å². The van der Waals surface area contributed by atoms with Crippen molar-refractivity contribution in [2.75, 3.05) is 7.11 Å². The fourth-order valence-electron chi connectivity index (χ4n) is 4.66. The number of nitrogens with two attached hydrogens (primary N) is 1. The van der Waals surface area contributed by atoms with Crippen molar-refractivity contribution in [3.63, 3.8) is 0 Å². The molecule has 2 unspecified atom stereocenters. The van der Waals surface area contributed by atoms with Crippen molar-refractivity contribution in [1.82, 2.24) is 9.88 Å². The average Bonchev–Trinajstić information content (AvgIpc) is 3.06. The van der Waals surface area contributed by atoms with Gasteiger partial charge in [0.1, 0.15) is 12.6 Å². The first kappa shape index (κ1) is 33.3. The summed E-state index contributed by atoms with van der Waals surface area (Å²) in [6.45, 7) is -0.562. The maximum Gasteiger partial charge on any atom is 0.452 e. The Morgan fingerprint density at radius 3 is 2.09 bits per heavy atom. The van der Waals surface area contributed by atoms with E-state index in [1.54, 1.807) is 36.4 Å². The van der Waals surface area contributed by atoms with Crippen molar-refractivity contribution >= 4 is 23.6 Å². The van der Waals surface area contributed by atoms with E-state index in [2.05, 4.69) is 4.74 Å². The SMILES string of the molecule is COC(=O)c1cccc(COC(=O)C(N)(C(=O)NC(Cc2ccccc2)C(=O)C(F)(F)F)n2c(-c3ccccc3)cccc2=O)c1. The molecule has 0 saturated carbocycles. The fourth-order valence-corrected chi connectivity index (χ4v) is 4.66. The lowest BCUT2D eigenvalue weighted by molar-refractivity contribution is -0.174. The van der Waals surface area contributed by atoms with Gasteiger partial charge in [-0.1, -0.05) is 78.9 Å². The van der Waals surface area contributed by atoms with Crippen molar-refractivity contribution in [2.45, 2.75) is 30.9 Å². The quantitative estimate of drug-likeness (QED) is 0.188. The zero-order chi connectivity index (χ0) is 33.5. The van der Waals surface area contributed by atoms with Crippen LogP contribution in [0, 0.1) is 0 Å². The number of Topliss-reactive ketones (excluding diaryl/α,β-unsaturated/α-hetero) is 1. The van der Waals surface area contributed by atoms with Crippen LogP contribution in [0.1, 0.15) is 21.5 Å². The number of benzene rings is 3. The van der Waals surface area contributed by atoms with Crippen LogP contribution in [0.3, 0.4) is 0 Å². The van der Waals surface area contributed by atoms with E-state index in [4.69, 9.17) is 10.5 Å². The molecule has 4 aromatic rings. The molecule has 0 bridgehead atoms. The number of halogens is 3. The largest absolute Gasteiger partial charge is 0.465 e. The lowest BCUT2D eigenvalue weighted by atomic mass is 10.00. The molecular formula is C33H28F3N3O7. The minimum absolute atomic E-state index is 0.0443. The Hall–Kier alpha value is -5.56. The summed E-state index contributed by atoms with van der Waals surface area (Å²) in [5.41, 5.74) is 3.31. The number of carbonyl (C=O) groups excluding carboxylic acids is 4. The van der Waals surface area contributed by atoms with Gasteiger partial charge in [-0.15, -0.1) is 0 Å². The third kappa shape index (κ3) is 7.38. The number of aromatic nitrogens is 1. The number of rotatable bonds is 11. The third-order valence-corrected chi connectivity index (χ3v) is 6.94.